The van der Waals surface area contributed by atoms with Gasteiger partial charge >= 0.3 is 5.97 Å². The Kier molecular flexibility index (Phi) is 3.53. The Morgan fingerprint density at radius 3 is 2.78 bits per heavy atom. The Morgan fingerprint density at radius 1 is 1.17 bits per heavy atom. The molecule has 3 aromatic rings. The van der Waals surface area contributed by atoms with Gasteiger partial charge in [0.15, 0.2) is 11.6 Å². The van der Waals surface area contributed by atoms with Gasteiger partial charge in [-0.1, -0.05) is 30.0 Å². The summed E-state index contributed by atoms with van der Waals surface area (Å²) in [7, 11) is 0. The minimum atomic E-state index is -0.229. The summed E-state index contributed by atoms with van der Waals surface area (Å²) < 4.78 is 10.6. The molecule has 0 spiro atoms. The van der Waals surface area contributed by atoms with Crippen LogP contribution < -0.4 is 0 Å². The number of furan rings is 1. The van der Waals surface area contributed by atoms with Crippen molar-refractivity contribution in [3.63, 3.8) is 0 Å². The van der Waals surface area contributed by atoms with Crippen LogP contribution in [0, 0.1) is 0 Å². The molecular formula is C17H14N2O3S. The molecule has 1 saturated heterocycles. The zero-order valence-corrected chi connectivity index (χ0v) is 13.2. The summed E-state index contributed by atoms with van der Waals surface area (Å²) in [5.74, 6) is 0.959. The van der Waals surface area contributed by atoms with Gasteiger partial charge in [0.05, 0.1) is 11.8 Å². The first-order valence-electron chi connectivity index (χ1n) is 7.38. The minimum Gasteiger partial charge on any atom is -0.462 e. The SMILES string of the molecule is CC1CC(Sc2nc(-c3ccco3)nc3ccccc23)C(=O)O1. The second-order valence-electron chi connectivity index (χ2n) is 5.44. The van der Waals surface area contributed by atoms with Crippen molar-refractivity contribution in [2.75, 3.05) is 0 Å². The highest BCUT2D eigenvalue weighted by Gasteiger charge is 2.33. The van der Waals surface area contributed by atoms with Gasteiger partial charge in [-0.25, -0.2) is 9.97 Å². The van der Waals surface area contributed by atoms with Crippen LogP contribution >= 0.6 is 11.8 Å². The average Bonchev–Trinajstić information content (AvgIpc) is 3.17. The van der Waals surface area contributed by atoms with Crippen LogP contribution in [-0.2, 0) is 9.53 Å². The van der Waals surface area contributed by atoms with E-state index in [9.17, 15) is 4.79 Å². The third kappa shape index (κ3) is 2.70. The van der Waals surface area contributed by atoms with E-state index in [0.29, 0.717) is 18.0 Å². The van der Waals surface area contributed by atoms with Crippen molar-refractivity contribution >= 4 is 28.6 Å². The van der Waals surface area contributed by atoms with Crippen molar-refractivity contribution in [3.05, 3.63) is 42.7 Å². The van der Waals surface area contributed by atoms with Gasteiger partial charge in [-0.05, 0) is 25.1 Å². The lowest BCUT2D eigenvalue weighted by atomic mass is 10.2. The quantitative estimate of drug-likeness (QED) is 0.540. The number of ether oxygens (including phenoxy) is 1. The molecule has 1 aliphatic rings. The largest absolute Gasteiger partial charge is 0.462 e. The summed E-state index contributed by atoms with van der Waals surface area (Å²) in [5, 5.41) is 1.48. The molecule has 4 rings (SSSR count). The predicted molar refractivity (Wildman–Crippen MR) is 87.1 cm³/mol. The monoisotopic (exact) mass is 326 g/mol. The number of aromatic nitrogens is 2. The van der Waals surface area contributed by atoms with E-state index in [1.54, 1.807) is 12.3 Å². The fourth-order valence-electron chi connectivity index (χ4n) is 2.60. The number of carbonyl (C=O) groups excluding carboxylic acids is 1. The van der Waals surface area contributed by atoms with Crippen LogP contribution in [-0.4, -0.2) is 27.3 Å². The maximum Gasteiger partial charge on any atom is 0.319 e. The summed E-state index contributed by atoms with van der Waals surface area (Å²) in [6.07, 6.45) is 2.24. The second kappa shape index (κ2) is 5.70. The third-order valence-corrected chi connectivity index (χ3v) is 4.89. The Morgan fingerprint density at radius 2 is 2.04 bits per heavy atom. The molecule has 1 aromatic carbocycles. The topological polar surface area (TPSA) is 65.2 Å². The number of nitrogens with zero attached hydrogens (tertiary/aromatic N) is 2. The number of cyclic esters (lactones) is 1. The highest BCUT2D eigenvalue weighted by atomic mass is 32.2. The molecule has 1 aliphatic heterocycles. The van der Waals surface area contributed by atoms with Gasteiger partial charge in [-0.15, -0.1) is 0 Å². The normalized spacial score (nSPS) is 20.8. The molecule has 2 atom stereocenters. The number of esters is 1. The summed E-state index contributed by atoms with van der Waals surface area (Å²) in [4.78, 5) is 21.1. The lowest BCUT2D eigenvalue weighted by molar-refractivity contribution is -0.140. The highest BCUT2D eigenvalue weighted by molar-refractivity contribution is 8.00. The molecule has 0 N–H and O–H groups in total. The van der Waals surface area contributed by atoms with E-state index in [1.165, 1.54) is 11.8 Å². The molecule has 23 heavy (non-hydrogen) atoms. The molecule has 0 amide bonds. The highest BCUT2D eigenvalue weighted by Crippen LogP contribution is 2.35. The predicted octanol–water partition coefficient (Wildman–Crippen LogP) is 3.69. The van der Waals surface area contributed by atoms with Crippen LogP contribution in [0.1, 0.15) is 13.3 Å². The van der Waals surface area contributed by atoms with E-state index >= 15 is 0 Å². The molecule has 0 radical (unpaired) electrons. The van der Waals surface area contributed by atoms with E-state index in [4.69, 9.17) is 9.15 Å². The molecular weight excluding hydrogens is 312 g/mol. The zero-order chi connectivity index (χ0) is 15.8. The Balaban J connectivity index is 1.79. The maximum atomic E-state index is 11.9. The number of fused-ring (bicyclic) bond motifs is 1. The van der Waals surface area contributed by atoms with Crippen LogP contribution in [0.25, 0.3) is 22.5 Å². The van der Waals surface area contributed by atoms with Gasteiger partial charge in [-0.2, -0.15) is 0 Å². The van der Waals surface area contributed by atoms with Crippen molar-refractivity contribution in [2.45, 2.75) is 29.7 Å². The molecule has 6 heteroatoms. The summed E-state index contributed by atoms with van der Waals surface area (Å²) in [6, 6.07) is 11.4. The summed E-state index contributed by atoms with van der Waals surface area (Å²) in [6.45, 7) is 1.91. The van der Waals surface area contributed by atoms with Crippen LogP contribution in [0.5, 0.6) is 0 Å². The van der Waals surface area contributed by atoms with Crippen molar-refractivity contribution in [2.24, 2.45) is 0 Å². The molecule has 0 bridgehead atoms. The number of hydrogen-bond acceptors (Lipinski definition) is 6. The molecule has 5 nitrogen and oxygen atoms in total. The molecule has 0 aliphatic carbocycles. The van der Waals surface area contributed by atoms with Gasteiger partial charge in [0.25, 0.3) is 0 Å². The number of carbonyl (C=O) groups is 1. The first kappa shape index (κ1) is 14.3. The number of rotatable bonds is 3. The van der Waals surface area contributed by atoms with Crippen molar-refractivity contribution in [1.82, 2.24) is 9.97 Å². The first-order chi connectivity index (χ1) is 11.2. The van der Waals surface area contributed by atoms with E-state index < -0.39 is 0 Å². The number of thioether (sulfide) groups is 1. The third-order valence-electron chi connectivity index (χ3n) is 3.69. The van der Waals surface area contributed by atoms with Crippen molar-refractivity contribution in [1.29, 1.82) is 0 Å². The molecule has 3 heterocycles. The Labute approximate surface area is 137 Å². The van der Waals surface area contributed by atoms with Crippen LogP contribution in [0.15, 0.2) is 52.1 Å². The number of hydrogen-bond donors (Lipinski definition) is 0. The van der Waals surface area contributed by atoms with E-state index in [2.05, 4.69) is 9.97 Å². The van der Waals surface area contributed by atoms with Gasteiger partial charge in [-0.3, -0.25) is 4.79 Å². The van der Waals surface area contributed by atoms with Crippen LogP contribution in [0.3, 0.4) is 0 Å². The van der Waals surface area contributed by atoms with E-state index in [1.807, 2.05) is 37.3 Å². The fraction of sp³-hybridized carbons (Fsp3) is 0.235. The Bertz CT molecular complexity index is 863. The van der Waals surface area contributed by atoms with Gasteiger partial charge in [0, 0.05) is 11.8 Å². The molecule has 2 aromatic heterocycles. The maximum absolute atomic E-state index is 11.9. The first-order valence-corrected chi connectivity index (χ1v) is 8.26. The lowest BCUT2D eigenvalue weighted by Crippen LogP contribution is -2.10. The standard InChI is InChI=1S/C17H14N2O3S/c1-10-9-14(17(20)22-10)23-16-11-5-2-3-6-12(11)18-15(19-16)13-7-4-8-21-13/h2-8,10,14H,9H2,1H3. The van der Waals surface area contributed by atoms with E-state index in [-0.39, 0.29) is 17.3 Å². The molecule has 116 valence electrons. The average molecular weight is 326 g/mol. The second-order valence-corrected chi connectivity index (χ2v) is 6.63. The smallest absolute Gasteiger partial charge is 0.319 e. The van der Waals surface area contributed by atoms with Crippen LogP contribution in [0.4, 0.5) is 0 Å². The van der Waals surface area contributed by atoms with Crippen molar-refractivity contribution < 1.29 is 13.9 Å². The lowest BCUT2D eigenvalue weighted by Gasteiger charge is -2.09. The Hall–Kier alpha value is -2.34. The summed E-state index contributed by atoms with van der Waals surface area (Å²) in [5.41, 5.74) is 0.829. The number of para-hydroxylation sites is 1. The zero-order valence-electron chi connectivity index (χ0n) is 12.4. The van der Waals surface area contributed by atoms with Gasteiger partial charge < -0.3 is 9.15 Å². The van der Waals surface area contributed by atoms with Gasteiger partial charge in [0.1, 0.15) is 16.4 Å². The minimum absolute atomic E-state index is 0.0438. The summed E-state index contributed by atoms with van der Waals surface area (Å²) >= 11 is 1.44. The fourth-order valence-corrected chi connectivity index (χ4v) is 3.83. The number of benzene rings is 1. The van der Waals surface area contributed by atoms with Crippen LogP contribution in [0.2, 0.25) is 0 Å². The molecule has 1 fully saturated rings. The van der Waals surface area contributed by atoms with Gasteiger partial charge in [0.2, 0.25) is 0 Å². The molecule has 2 unspecified atom stereocenters. The van der Waals surface area contributed by atoms with Crippen molar-refractivity contribution in [3.8, 4) is 11.6 Å². The van der Waals surface area contributed by atoms with E-state index in [0.717, 1.165) is 15.9 Å². The molecule has 0 saturated carbocycles.